The summed E-state index contributed by atoms with van der Waals surface area (Å²) in [5.41, 5.74) is -0.411. The molecule has 1 heterocycles. The normalized spacial score (nSPS) is 21.9. The van der Waals surface area contributed by atoms with E-state index >= 15 is 0 Å². The Morgan fingerprint density at radius 3 is 2.41 bits per heavy atom. The third-order valence-electron chi connectivity index (χ3n) is 4.57. The van der Waals surface area contributed by atoms with Gasteiger partial charge in [0, 0.05) is 31.5 Å². The lowest BCUT2D eigenvalue weighted by atomic mass is 9.98. The lowest BCUT2D eigenvalue weighted by Crippen LogP contribution is -2.51. The van der Waals surface area contributed by atoms with Crippen LogP contribution in [0.1, 0.15) is 31.9 Å². The minimum absolute atomic E-state index is 0.0539. The highest BCUT2D eigenvalue weighted by molar-refractivity contribution is 6.44. The fraction of sp³-hybridized carbons (Fsp3) is 0.467. The van der Waals surface area contributed by atoms with Gasteiger partial charge in [-0.25, -0.2) is 0 Å². The van der Waals surface area contributed by atoms with E-state index in [4.69, 9.17) is 0 Å². The Labute approximate surface area is 128 Å². The first kappa shape index (κ1) is 15.9. The van der Waals surface area contributed by atoms with E-state index in [1.165, 1.54) is 11.0 Å². The predicted molar refractivity (Wildman–Crippen MR) is 81.6 cm³/mol. The Balaban J connectivity index is 2.66. The van der Waals surface area contributed by atoms with Crippen LogP contribution in [0.4, 0.5) is 5.69 Å². The van der Waals surface area contributed by atoms with Gasteiger partial charge < -0.3 is 5.21 Å². The predicted octanol–water partition coefficient (Wildman–Crippen LogP) is 2.05. The molecule has 118 valence electrons. The maximum Gasteiger partial charge on any atom is 0.325 e. The molecule has 7 nitrogen and oxygen atoms in total. The summed E-state index contributed by atoms with van der Waals surface area (Å²) in [4.78, 5) is 24.4. The van der Waals surface area contributed by atoms with E-state index in [1.807, 2.05) is 13.8 Å². The van der Waals surface area contributed by atoms with Crippen molar-refractivity contribution in [2.24, 2.45) is 5.92 Å². The van der Waals surface area contributed by atoms with Gasteiger partial charge in [0.25, 0.3) is 17.1 Å². The van der Waals surface area contributed by atoms with Crippen LogP contribution in [0, 0.1) is 28.2 Å². The molecule has 1 aromatic rings. The number of carbonyl (C=O) groups excluding carboxylic acids is 1. The molecule has 0 fully saturated rings. The van der Waals surface area contributed by atoms with Gasteiger partial charge in [-0.3, -0.25) is 19.8 Å². The fourth-order valence-electron chi connectivity index (χ4n) is 2.63. The lowest BCUT2D eigenvalue weighted by Gasteiger charge is -2.32. The van der Waals surface area contributed by atoms with E-state index in [0.717, 1.165) is 0 Å². The van der Waals surface area contributed by atoms with E-state index in [0.29, 0.717) is 10.3 Å². The molecule has 0 aliphatic carbocycles. The van der Waals surface area contributed by atoms with Crippen molar-refractivity contribution in [3.05, 3.63) is 44.6 Å². The molecular weight excluding hydrogens is 286 g/mol. The molecule has 7 heteroatoms. The SMILES string of the molecule is Cc1ccc(C2=[N+]([O-])C(C)(C(C)C)N(C)C2=O)cc1[N+](=O)[O-]. The highest BCUT2D eigenvalue weighted by Gasteiger charge is 2.54. The van der Waals surface area contributed by atoms with Gasteiger partial charge in [0.2, 0.25) is 0 Å². The second-order valence-corrected chi connectivity index (χ2v) is 6.01. The zero-order valence-electron chi connectivity index (χ0n) is 13.3. The van der Waals surface area contributed by atoms with Crippen molar-refractivity contribution >= 4 is 17.3 Å². The molecule has 0 aromatic heterocycles. The van der Waals surface area contributed by atoms with Gasteiger partial charge in [-0.15, -0.1) is 0 Å². The van der Waals surface area contributed by atoms with Crippen molar-refractivity contribution in [3.63, 3.8) is 0 Å². The zero-order valence-corrected chi connectivity index (χ0v) is 13.3. The van der Waals surface area contributed by atoms with Gasteiger partial charge in [-0.1, -0.05) is 19.9 Å². The molecule has 0 N–H and O–H groups in total. The molecule has 1 atom stereocenters. The number of likely N-dealkylation sites (N-methyl/N-ethyl adjacent to an activating group) is 1. The van der Waals surface area contributed by atoms with Crippen molar-refractivity contribution in [2.45, 2.75) is 33.4 Å². The molecule has 0 spiro atoms. The van der Waals surface area contributed by atoms with Crippen molar-refractivity contribution < 1.29 is 14.5 Å². The summed E-state index contributed by atoms with van der Waals surface area (Å²) in [7, 11) is 1.57. The smallest absolute Gasteiger partial charge is 0.325 e. The van der Waals surface area contributed by atoms with Crippen LogP contribution in [0.3, 0.4) is 0 Å². The van der Waals surface area contributed by atoms with Gasteiger partial charge in [0.1, 0.15) is 0 Å². The monoisotopic (exact) mass is 305 g/mol. The zero-order chi connectivity index (χ0) is 16.8. The third kappa shape index (κ3) is 2.04. The summed E-state index contributed by atoms with van der Waals surface area (Å²) in [6.07, 6.45) is 0. The molecule has 0 bridgehead atoms. The maximum absolute atomic E-state index is 12.7. The molecule has 22 heavy (non-hydrogen) atoms. The number of rotatable bonds is 3. The number of amides is 1. The molecule has 0 saturated heterocycles. The number of aryl methyl sites for hydroxylation is 1. The molecule has 1 unspecified atom stereocenters. The van der Waals surface area contributed by atoms with Gasteiger partial charge in [-0.2, -0.15) is 4.74 Å². The second-order valence-electron chi connectivity index (χ2n) is 6.01. The molecular formula is C15H19N3O4. The van der Waals surface area contributed by atoms with Crippen LogP contribution in [-0.2, 0) is 4.79 Å². The summed E-state index contributed by atoms with van der Waals surface area (Å²) >= 11 is 0. The number of nitrogens with zero attached hydrogens (tertiary/aromatic N) is 3. The van der Waals surface area contributed by atoms with E-state index in [9.17, 15) is 20.1 Å². The van der Waals surface area contributed by atoms with E-state index in [1.54, 1.807) is 33.0 Å². The molecule has 0 radical (unpaired) electrons. The van der Waals surface area contributed by atoms with Crippen LogP contribution >= 0.6 is 0 Å². The first-order valence-electron chi connectivity index (χ1n) is 7.00. The first-order valence-corrected chi connectivity index (χ1v) is 7.00. The van der Waals surface area contributed by atoms with Gasteiger partial charge in [0.15, 0.2) is 0 Å². The van der Waals surface area contributed by atoms with Gasteiger partial charge >= 0.3 is 5.91 Å². The molecule has 0 saturated carbocycles. The quantitative estimate of drug-likeness (QED) is 0.370. The molecule has 1 aromatic carbocycles. The number of hydroxylamine groups is 1. The number of benzene rings is 1. The first-order chi connectivity index (χ1) is 10.1. The topological polar surface area (TPSA) is 89.5 Å². The Morgan fingerprint density at radius 1 is 1.36 bits per heavy atom. The van der Waals surface area contributed by atoms with Crippen LogP contribution < -0.4 is 0 Å². The van der Waals surface area contributed by atoms with Crippen LogP contribution in [0.15, 0.2) is 18.2 Å². The Kier molecular flexibility index (Phi) is 3.68. The van der Waals surface area contributed by atoms with E-state index in [-0.39, 0.29) is 22.9 Å². The second kappa shape index (κ2) is 5.08. The summed E-state index contributed by atoms with van der Waals surface area (Å²) in [5, 5.41) is 23.8. The number of nitro benzene ring substituents is 1. The van der Waals surface area contributed by atoms with Crippen molar-refractivity contribution in [1.29, 1.82) is 0 Å². The van der Waals surface area contributed by atoms with Crippen molar-refractivity contribution in [1.82, 2.24) is 4.90 Å². The Morgan fingerprint density at radius 2 is 1.95 bits per heavy atom. The van der Waals surface area contributed by atoms with Crippen molar-refractivity contribution in [2.75, 3.05) is 7.05 Å². The van der Waals surface area contributed by atoms with E-state index < -0.39 is 16.5 Å². The molecule has 1 aliphatic heterocycles. The minimum atomic E-state index is -1.01. The standard InChI is InChI=1S/C15H19N3O4/c1-9(2)15(4)16(5)14(19)13(17(15)20)11-7-6-10(3)12(8-11)18(21)22/h6-9H,1-5H3. The molecule has 1 amide bonds. The maximum atomic E-state index is 12.7. The van der Waals surface area contributed by atoms with Gasteiger partial charge in [-0.05, 0) is 13.0 Å². The molecule has 2 rings (SSSR count). The van der Waals surface area contributed by atoms with Crippen LogP contribution in [0.5, 0.6) is 0 Å². The highest BCUT2D eigenvalue weighted by Crippen LogP contribution is 2.32. The van der Waals surface area contributed by atoms with Gasteiger partial charge in [0.05, 0.1) is 10.5 Å². The summed E-state index contributed by atoms with van der Waals surface area (Å²) < 4.78 is 0.675. The summed E-state index contributed by atoms with van der Waals surface area (Å²) in [5.74, 6) is -0.527. The summed E-state index contributed by atoms with van der Waals surface area (Å²) in [6, 6.07) is 4.40. The van der Waals surface area contributed by atoms with Crippen LogP contribution in [-0.4, -0.2) is 38.9 Å². The van der Waals surface area contributed by atoms with Crippen molar-refractivity contribution in [3.8, 4) is 0 Å². The average Bonchev–Trinajstić information content (AvgIpc) is 2.62. The van der Waals surface area contributed by atoms with E-state index in [2.05, 4.69) is 0 Å². The highest BCUT2D eigenvalue weighted by atomic mass is 16.6. The van der Waals surface area contributed by atoms with Crippen LogP contribution in [0.2, 0.25) is 0 Å². The largest absolute Gasteiger partial charge is 0.621 e. The Hall–Kier alpha value is -2.44. The Bertz CT molecular complexity index is 696. The number of hydrogen-bond donors (Lipinski definition) is 0. The number of carbonyl (C=O) groups is 1. The van der Waals surface area contributed by atoms with Crippen LogP contribution in [0.25, 0.3) is 0 Å². The number of hydrogen-bond acceptors (Lipinski definition) is 4. The molecule has 1 aliphatic rings. The summed E-state index contributed by atoms with van der Waals surface area (Å²) in [6.45, 7) is 7.02. The average molecular weight is 305 g/mol. The fourth-order valence-corrected chi connectivity index (χ4v) is 2.63. The number of nitro groups is 1. The minimum Gasteiger partial charge on any atom is -0.621 e. The lowest BCUT2D eigenvalue weighted by molar-refractivity contribution is -0.570. The third-order valence-corrected chi connectivity index (χ3v) is 4.57.